The Labute approximate surface area is 138 Å². The number of nitrogens with two attached hydrogens (primary N) is 1. The highest BCUT2D eigenvalue weighted by atomic mass is 79.9. The van der Waals surface area contributed by atoms with Gasteiger partial charge >= 0.3 is 0 Å². The highest BCUT2D eigenvalue weighted by molar-refractivity contribution is 9.10. The van der Waals surface area contributed by atoms with E-state index in [9.17, 15) is 9.90 Å². The van der Waals surface area contributed by atoms with Gasteiger partial charge in [0.15, 0.2) is 0 Å². The topological polar surface area (TPSA) is 75.3 Å². The molecule has 6 heteroatoms. The molecule has 114 valence electrons. The number of hydrogen-bond donors (Lipinski definition) is 3. The van der Waals surface area contributed by atoms with E-state index in [-0.39, 0.29) is 17.2 Å². The van der Waals surface area contributed by atoms with Gasteiger partial charge in [0.2, 0.25) is 0 Å². The molecule has 4 nitrogen and oxygen atoms in total. The second-order valence-electron chi connectivity index (χ2n) is 5.48. The van der Waals surface area contributed by atoms with E-state index in [4.69, 9.17) is 18.0 Å². The average molecular weight is 371 g/mol. The molecule has 2 rings (SSSR count). The van der Waals surface area contributed by atoms with Crippen LogP contribution >= 0.6 is 28.1 Å². The summed E-state index contributed by atoms with van der Waals surface area (Å²) in [5, 5.41) is 12.8. The molecule has 21 heavy (non-hydrogen) atoms. The minimum Gasteiger partial charge on any atom is -0.507 e. The molecular formula is C15H19BrN2O2S. The third kappa shape index (κ3) is 3.74. The Hall–Kier alpha value is -1.14. The van der Waals surface area contributed by atoms with Crippen LogP contribution in [0.15, 0.2) is 22.7 Å². The summed E-state index contributed by atoms with van der Waals surface area (Å²) < 4.78 is 0.732. The van der Waals surface area contributed by atoms with Crippen LogP contribution in [0.3, 0.4) is 0 Å². The van der Waals surface area contributed by atoms with Crippen LogP contribution in [-0.4, -0.2) is 21.5 Å². The molecule has 0 radical (unpaired) electrons. The SMILES string of the molecule is NC(=S)C1(NC(=O)c2cc(Br)ccc2O)CCCCCC1. The number of benzene rings is 1. The van der Waals surface area contributed by atoms with Crippen molar-refractivity contribution in [2.45, 2.75) is 44.1 Å². The molecule has 0 spiro atoms. The smallest absolute Gasteiger partial charge is 0.255 e. The molecular weight excluding hydrogens is 352 g/mol. The van der Waals surface area contributed by atoms with Crippen LogP contribution in [0.4, 0.5) is 0 Å². The summed E-state index contributed by atoms with van der Waals surface area (Å²) in [4.78, 5) is 12.8. The number of rotatable bonds is 3. The summed E-state index contributed by atoms with van der Waals surface area (Å²) >= 11 is 8.51. The fraction of sp³-hybridized carbons (Fsp3) is 0.467. The van der Waals surface area contributed by atoms with E-state index in [0.717, 1.165) is 43.0 Å². The van der Waals surface area contributed by atoms with Crippen LogP contribution in [0.25, 0.3) is 0 Å². The van der Waals surface area contributed by atoms with Crippen molar-refractivity contribution in [3.05, 3.63) is 28.2 Å². The van der Waals surface area contributed by atoms with Gasteiger partial charge in [-0.1, -0.05) is 53.8 Å². The van der Waals surface area contributed by atoms with Gasteiger partial charge in [-0.25, -0.2) is 0 Å². The quantitative estimate of drug-likeness (QED) is 0.563. The van der Waals surface area contributed by atoms with E-state index in [0.29, 0.717) is 4.99 Å². The van der Waals surface area contributed by atoms with Crippen molar-refractivity contribution >= 4 is 39.0 Å². The summed E-state index contributed by atoms with van der Waals surface area (Å²) in [5.74, 6) is -0.397. The van der Waals surface area contributed by atoms with Crippen molar-refractivity contribution < 1.29 is 9.90 Å². The minimum atomic E-state index is -0.641. The van der Waals surface area contributed by atoms with Gasteiger partial charge in [0.05, 0.1) is 16.1 Å². The van der Waals surface area contributed by atoms with Crippen LogP contribution < -0.4 is 11.1 Å². The number of phenolic OH excluding ortho intramolecular Hbond substituents is 1. The van der Waals surface area contributed by atoms with Gasteiger partial charge in [0.1, 0.15) is 5.75 Å². The van der Waals surface area contributed by atoms with E-state index in [1.54, 1.807) is 12.1 Å². The van der Waals surface area contributed by atoms with Gasteiger partial charge in [-0.15, -0.1) is 0 Å². The van der Waals surface area contributed by atoms with E-state index >= 15 is 0 Å². The van der Waals surface area contributed by atoms with Crippen molar-refractivity contribution in [1.82, 2.24) is 5.32 Å². The monoisotopic (exact) mass is 370 g/mol. The lowest BCUT2D eigenvalue weighted by atomic mass is 9.89. The molecule has 0 atom stereocenters. The number of thiocarbonyl (C=S) groups is 1. The lowest BCUT2D eigenvalue weighted by Crippen LogP contribution is -2.56. The Bertz CT molecular complexity index is 555. The zero-order valence-corrected chi connectivity index (χ0v) is 14.1. The second kappa shape index (κ2) is 6.75. The molecule has 1 amide bonds. The summed E-state index contributed by atoms with van der Waals surface area (Å²) in [7, 11) is 0. The molecule has 0 aromatic heterocycles. The third-order valence-electron chi connectivity index (χ3n) is 3.98. The van der Waals surface area contributed by atoms with E-state index in [1.807, 2.05) is 0 Å². The maximum atomic E-state index is 12.5. The molecule has 1 fully saturated rings. The van der Waals surface area contributed by atoms with Crippen LogP contribution in [0.2, 0.25) is 0 Å². The van der Waals surface area contributed by atoms with Crippen LogP contribution in [0.5, 0.6) is 5.75 Å². The molecule has 0 heterocycles. The zero-order valence-electron chi connectivity index (χ0n) is 11.7. The number of nitrogens with one attached hydrogen (secondary N) is 1. The third-order valence-corrected chi connectivity index (χ3v) is 4.87. The fourth-order valence-electron chi connectivity index (χ4n) is 2.74. The number of phenols is 1. The number of amides is 1. The molecule has 0 saturated heterocycles. The van der Waals surface area contributed by atoms with Gasteiger partial charge in [-0.3, -0.25) is 4.79 Å². The number of halogens is 1. The van der Waals surface area contributed by atoms with Crippen LogP contribution in [0.1, 0.15) is 48.9 Å². The van der Waals surface area contributed by atoms with Crippen LogP contribution in [0, 0.1) is 0 Å². The summed E-state index contributed by atoms with van der Waals surface area (Å²) in [6.45, 7) is 0. The first kappa shape index (κ1) is 16.2. The molecule has 0 unspecified atom stereocenters. The Morgan fingerprint density at radius 2 is 1.90 bits per heavy atom. The zero-order chi connectivity index (χ0) is 15.5. The van der Waals surface area contributed by atoms with Gasteiger partial charge in [-0.2, -0.15) is 0 Å². The van der Waals surface area contributed by atoms with Crippen molar-refractivity contribution in [3.8, 4) is 5.75 Å². The molecule has 1 saturated carbocycles. The highest BCUT2D eigenvalue weighted by Crippen LogP contribution is 2.29. The molecule has 0 aliphatic heterocycles. The molecule has 1 aliphatic rings. The van der Waals surface area contributed by atoms with Crippen molar-refractivity contribution in [3.63, 3.8) is 0 Å². The lowest BCUT2D eigenvalue weighted by molar-refractivity contribution is 0.0914. The Balaban J connectivity index is 2.26. The van der Waals surface area contributed by atoms with Crippen molar-refractivity contribution in [1.29, 1.82) is 0 Å². The molecule has 1 aliphatic carbocycles. The summed E-state index contributed by atoms with van der Waals surface area (Å²) in [5.41, 5.74) is 5.50. The Kier molecular flexibility index (Phi) is 5.22. The predicted molar refractivity (Wildman–Crippen MR) is 90.5 cm³/mol. The fourth-order valence-corrected chi connectivity index (χ4v) is 3.36. The van der Waals surface area contributed by atoms with Crippen molar-refractivity contribution in [2.24, 2.45) is 5.73 Å². The van der Waals surface area contributed by atoms with E-state index < -0.39 is 5.54 Å². The maximum absolute atomic E-state index is 12.5. The standard InChI is InChI=1S/C15H19BrN2O2S/c16-10-5-6-12(19)11(9-10)13(20)18-15(14(17)21)7-3-1-2-4-8-15/h5-6,9,19H,1-4,7-8H2,(H2,17,21)(H,18,20). The average Bonchev–Trinajstić information content (AvgIpc) is 2.68. The molecule has 4 N–H and O–H groups in total. The van der Waals surface area contributed by atoms with Crippen LogP contribution in [-0.2, 0) is 0 Å². The first-order valence-corrected chi connectivity index (χ1v) is 8.26. The predicted octanol–water partition coefficient (Wildman–Crippen LogP) is 3.26. The minimum absolute atomic E-state index is 0.0533. The van der Waals surface area contributed by atoms with E-state index in [1.165, 1.54) is 6.07 Å². The first-order chi connectivity index (χ1) is 9.94. The second-order valence-corrected chi connectivity index (χ2v) is 6.83. The molecule has 1 aromatic rings. The van der Waals surface area contributed by atoms with Gasteiger partial charge in [-0.05, 0) is 31.0 Å². The maximum Gasteiger partial charge on any atom is 0.255 e. The van der Waals surface area contributed by atoms with Gasteiger partial charge in [0, 0.05) is 4.47 Å². The number of carbonyl (C=O) groups excluding carboxylic acids is 1. The first-order valence-electron chi connectivity index (χ1n) is 7.05. The lowest BCUT2D eigenvalue weighted by Gasteiger charge is -2.33. The molecule has 0 bridgehead atoms. The summed E-state index contributed by atoms with van der Waals surface area (Å²) in [6.07, 6.45) is 5.74. The largest absolute Gasteiger partial charge is 0.507 e. The summed E-state index contributed by atoms with van der Waals surface area (Å²) in [6, 6.07) is 4.76. The van der Waals surface area contributed by atoms with Gasteiger partial charge < -0.3 is 16.2 Å². The number of aromatic hydroxyl groups is 1. The highest BCUT2D eigenvalue weighted by Gasteiger charge is 2.36. The Morgan fingerprint density at radius 1 is 1.29 bits per heavy atom. The van der Waals surface area contributed by atoms with E-state index in [2.05, 4.69) is 21.2 Å². The number of hydrogen-bond acceptors (Lipinski definition) is 3. The Morgan fingerprint density at radius 3 is 2.48 bits per heavy atom. The normalized spacial score (nSPS) is 17.8. The van der Waals surface area contributed by atoms with Crippen molar-refractivity contribution in [2.75, 3.05) is 0 Å². The molecule has 1 aromatic carbocycles. The number of carbonyl (C=O) groups is 1. The van der Waals surface area contributed by atoms with Gasteiger partial charge in [0.25, 0.3) is 5.91 Å².